The average Bonchev–Trinajstić information content (AvgIpc) is 3.64. The summed E-state index contributed by atoms with van der Waals surface area (Å²) in [4.78, 5) is 0. The molecule has 1 saturated heterocycles. The van der Waals surface area contributed by atoms with Gasteiger partial charge < -0.3 is 13.8 Å². The van der Waals surface area contributed by atoms with Crippen molar-refractivity contribution in [2.75, 3.05) is 0 Å². The molecular weight excluding hydrogens is 559 g/mol. The molecule has 4 atom stereocenters. The number of halogens is 1. The summed E-state index contributed by atoms with van der Waals surface area (Å²) in [6.07, 6.45) is 24.1. The fourth-order valence-electron chi connectivity index (χ4n) is 7.76. The zero-order valence-corrected chi connectivity index (χ0v) is 25.4. The fraction of sp³-hybridized carbons (Fsp3) is 0.222. The maximum Gasteiger partial charge on any atom is -1.00 e. The average molecular weight is 594 g/mol. The molecule has 1 aliphatic heterocycles. The molecule has 2 aromatic rings. The van der Waals surface area contributed by atoms with E-state index in [1.165, 1.54) is 19.4 Å². The van der Waals surface area contributed by atoms with Crippen LogP contribution >= 0.6 is 0 Å². The zero-order valence-electron chi connectivity index (χ0n) is 23.1. The third kappa shape index (κ3) is 4.15. The van der Waals surface area contributed by atoms with Crippen molar-refractivity contribution in [2.24, 2.45) is 0 Å². The Morgan fingerprint density at radius 2 is 1.00 bits per heavy atom. The SMILES string of the molecule is CC1=CC2=C(C=CC=CC2c2ccccc2)[CH]1[Zr]1([CH]2C(C)=CC3=C2C=CC=CC3c2ccccc2)[CH2][CH2]1.[Cl-].[H-]. The quantitative estimate of drug-likeness (QED) is 0.357. The van der Waals surface area contributed by atoms with E-state index in [1.807, 2.05) is 0 Å². The third-order valence-corrected chi connectivity index (χ3v) is 22.8. The van der Waals surface area contributed by atoms with Crippen LogP contribution in [-0.4, -0.2) is 0 Å². The van der Waals surface area contributed by atoms with Gasteiger partial charge >= 0.3 is 227 Å². The van der Waals surface area contributed by atoms with Crippen LogP contribution in [0.1, 0.15) is 38.2 Å². The van der Waals surface area contributed by atoms with E-state index in [-0.39, 0.29) is 13.8 Å². The van der Waals surface area contributed by atoms with Gasteiger partial charge in [0.15, 0.2) is 0 Å². The van der Waals surface area contributed by atoms with Gasteiger partial charge in [-0.15, -0.1) is 0 Å². The molecule has 0 bridgehead atoms. The van der Waals surface area contributed by atoms with Gasteiger partial charge in [0.2, 0.25) is 0 Å². The van der Waals surface area contributed by atoms with E-state index in [0.29, 0.717) is 19.1 Å². The summed E-state index contributed by atoms with van der Waals surface area (Å²) in [5.74, 6) is 0.709. The van der Waals surface area contributed by atoms with Gasteiger partial charge in [0.25, 0.3) is 0 Å². The molecule has 2 heteroatoms. The van der Waals surface area contributed by atoms with Crippen molar-refractivity contribution in [2.45, 2.75) is 41.2 Å². The van der Waals surface area contributed by atoms with Gasteiger partial charge in [0, 0.05) is 0 Å². The monoisotopic (exact) mass is 592 g/mol. The molecule has 0 spiro atoms. The van der Waals surface area contributed by atoms with Crippen LogP contribution in [0.3, 0.4) is 0 Å². The predicted molar refractivity (Wildman–Crippen MR) is 155 cm³/mol. The maximum atomic E-state index is 2.58. The molecule has 192 valence electrons. The van der Waals surface area contributed by atoms with E-state index in [4.69, 9.17) is 0 Å². The van der Waals surface area contributed by atoms with Crippen molar-refractivity contribution in [1.82, 2.24) is 0 Å². The molecular formula is C36H35ClZr-2. The molecule has 0 saturated carbocycles. The Hall–Kier alpha value is -2.47. The summed E-state index contributed by atoms with van der Waals surface area (Å²) in [5, 5.41) is 0. The molecule has 38 heavy (non-hydrogen) atoms. The van der Waals surface area contributed by atoms with E-state index in [0.717, 1.165) is 0 Å². The van der Waals surface area contributed by atoms with Crippen LogP contribution in [-0.2, 0) is 20.3 Å². The number of benzene rings is 2. The molecule has 0 nitrogen and oxygen atoms in total. The second-order valence-electron chi connectivity index (χ2n) is 11.5. The van der Waals surface area contributed by atoms with Crippen molar-refractivity contribution < 1.29 is 34.1 Å². The summed E-state index contributed by atoms with van der Waals surface area (Å²) >= 11 is -2.62. The third-order valence-electron chi connectivity index (χ3n) is 9.31. The summed E-state index contributed by atoms with van der Waals surface area (Å²) < 4.78 is 4.38. The van der Waals surface area contributed by atoms with Crippen molar-refractivity contribution in [3.8, 4) is 0 Å². The Bertz CT molecular complexity index is 1380. The number of allylic oxidation sites excluding steroid dienone is 16. The molecule has 2 aromatic carbocycles. The molecule has 4 unspecified atom stereocenters. The predicted octanol–water partition coefficient (Wildman–Crippen LogP) is 7.02. The normalized spacial score (nSPS) is 28.3. The minimum Gasteiger partial charge on any atom is -1.00 e. The van der Waals surface area contributed by atoms with Crippen molar-refractivity contribution in [3.63, 3.8) is 0 Å². The summed E-state index contributed by atoms with van der Waals surface area (Å²) in [6.45, 7) is 4.88. The van der Waals surface area contributed by atoms with Crippen LogP contribution in [0, 0.1) is 0 Å². The second-order valence-corrected chi connectivity index (χ2v) is 22.8. The summed E-state index contributed by atoms with van der Waals surface area (Å²) in [5.41, 5.74) is 12.5. The van der Waals surface area contributed by atoms with Gasteiger partial charge in [-0.1, -0.05) is 0 Å². The minimum absolute atomic E-state index is 0. The topological polar surface area (TPSA) is 0 Å². The molecule has 0 N–H and O–H groups in total. The fourth-order valence-corrected chi connectivity index (χ4v) is 25.5. The van der Waals surface area contributed by atoms with Gasteiger partial charge in [-0.05, 0) is 0 Å². The Kier molecular flexibility index (Phi) is 6.96. The van der Waals surface area contributed by atoms with Crippen molar-refractivity contribution >= 4 is 0 Å². The zero-order chi connectivity index (χ0) is 25.0. The van der Waals surface area contributed by atoms with E-state index in [1.54, 1.807) is 33.4 Å². The Labute approximate surface area is 239 Å². The maximum absolute atomic E-state index is 2.62. The standard InChI is InChI=1S/2C17H15.C2H4.ClH.Zr.H/c2*1-13-11-15-9-5-6-10-16(17(15)12-13)14-7-3-2-4-8-14;1-2;;;/h2*2-12,16H,1H3;1-2H2;1H;;/q;;;;;-1/p-1. The van der Waals surface area contributed by atoms with Crippen LogP contribution < -0.4 is 12.4 Å². The van der Waals surface area contributed by atoms with Gasteiger partial charge in [-0.2, -0.15) is 0 Å². The van der Waals surface area contributed by atoms with Gasteiger partial charge in [0.05, 0.1) is 0 Å². The molecule has 1 fully saturated rings. The summed E-state index contributed by atoms with van der Waals surface area (Å²) in [7, 11) is 0. The van der Waals surface area contributed by atoms with Crippen LogP contribution in [0.2, 0.25) is 15.5 Å². The summed E-state index contributed by atoms with van der Waals surface area (Å²) in [6, 6.07) is 22.2. The molecule has 1 heterocycles. The van der Waals surface area contributed by atoms with E-state index in [2.05, 4.69) is 135 Å². The van der Waals surface area contributed by atoms with Crippen LogP contribution in [0.4, 0.5) is 0 Å². The van der Waals surface area contributed by atoms with E-state index < -0.39 is 20.3 Å². The first-order valence-corrected chi connectivity index (χ1v) is 20.1. The van der Waals surface area contributed by atoms with Crippen molar-refractivity contribution in [1.29, 1.82) is 0 Å². The van der Waals surface area contributed by atoms with Crippen LogP contribution in [0.25, 0.3) is 0 Å². The van der Waals surface area contributed by atoms with Crippen LogP contribution in [0.15, 0.2) is 155 Å². The second kappa shape index (κ2) is 10.3. The van der Waals surface area contributed by atoms with Crippen molar-refractivity contribution in [3.05, 3.63) is 166 Å². The van der Waals surface area contributed by atoms with E-state index >= 15 is 0 Å². The van der Waals surface area contributed by atoms with Gasteiger partial charge in [-0.25, -0.2) is 0 Å². The van der Waals surface area contributed by atoms with Gasteiger partial charge in [0.1, 0.15) is 0 Å². The molecule has 4 aliphatic carbocycles. The first-order valence-electron chi connectivity index (χ1n) is 13.8. The molecule has 0 radical (unpaired) electrons. The first kappa shape index (κ1) is 25.8. The van der Waals surface area contributed by atoms with Gasteiger partial charge in [-0.3, -0.25) is 0 Å². The van der Waals surface area contributed by atoms with Crippen LogP contribution in [0.5, 0.6) is 0 Å². The minimum atomic E-state index is -2.62. The number of hydrogen-bond acceptors (Lipinski definition) is 0. The Morgan fingerprint density at radius 1 is 0.579 bits per heavy atom. The molecule has 0 amide bonds. The Morgan fingerprint density at radius 3 is 1.39 bits per heavy atom. The first-order chi connectivity index (χ1) is 18.2. The molecule has 0 aromatic heterocycles. The Balaban J connectivity index is 0.00000154. The largest absolute Gasteiger partial charge is 1.00 e. The number of rotatable bonds is 4. The molecule has 5 aliphatic rings. The smallest absolute Gasteiger partial charge is 1.00 e. The molecule has 7 rings (SSSR count). The number of hydrogen-bond donors (Lipinski definition) is 0. The van der Waals surface area contributed by atoms with E-state index in [9.17, 15) is 0 Å².